The molecule has 0 bridgehead atoms. The van der Waals surface area contributed by atoms with Crippen LogP contribution in [0.3, 0.4) is 0 Å². The van der Waals surface area contributed by atoms with Crippen molar-refractivity contribution in [2.75, 3.05) is 7.11 Å². The van der Waals surface area contributed by atoms with Crippen LogP contribution in [-0.2, 0) is 4.74 Å². The van der Waals surface area contributed by atoms with Crippen LogP contribution in [0.1, 0.15) is 29.7 Å². The largest absolute Gasteiger partial charge is 0.377 e. The Hall–Kier alpha value is -1.22. The minimum absolute atomic E-state index is 0.122. The van der Waals surface area contributed by atoms with Crippen molar-refractivity contribution < 1.29 is 9.13 Å². The first-order valence-electron chi connectivity index (χ1n) is 4.43. The summed E-state index contributed by atoms with van der Waals surface area (Å²) in [5, 5.41) is 7.05. The van der Waals surface area contributed by atoms with Crippen LogP contribution in [0.4, 0.5) is 4.39 Å². The van der Waals surface area contributed by atoms with Crippen molar-refractivity contribution >= 4 is 6.21 Å². The molecular formula is C11H14FNO. The number of hydrogen-bond acceptors (Lipinski definition) is 2. The zero-order valence-corrected chi connectivity index (χ0v) is 8.60. The molecule has 1 atom stereocenters. The van der Waals surface area contributed by atoms with Gasteiger partial charge in [-0.1, -0.05) is 6.07 Å². The third kappa shape index (κ3) is 1.99. The van der Waals surface area contributed by atoms with Gasteiger partial charge in [-0.05, 0) is 31.0 Å². The van der Waals surface area contributed by atoms with Crippen LogP contribution in [0, 0.1) is 18.2 Å². The lowest BCUT2D eigenvalue weighted by Gasteiger charge is -2.12. The number of aryl methyl sites for hydroxylation is 1. The number of benzene rings is 1. The van der Waals surface area contributed by atoms with Gasteiger partial charge in [0.2, 0.25) is 0 Å². The van der Waals surface area contributed by atoms with Crippen molar-refractivity contribution in [2.24, 2.45) is 0 Å². The highest BCUT2D eigenvalue weighted by Crippen LogP contribution is 2.21. The molecular weight excluding hydrogens is 181 g/mol. The standard InChI is InChI=1S/C11H14FNO/c1-7-4-9(8(2)14-3)5-11(12)10(7)6-13/h4-6,8,13H,1-3H3. The van der Waals surface area contributed by atoms with E-state index in [4.69, 9.17) is 10.1 Å². The monoisotopic (exact) mass is 195 g/mol. The van der Waals surface area contributed by atoms with Crippen LogP contribution < -0.4 is 0 Å². The summed E-state index contributed by atoms with van der Waals surface area (Å²) in [5.74, 6) is -0.362. The first kappa shape index (κ1) is 10.9. The molecule has 14 heavy (non-hydrogen) atoms. The maximum absolute atomic E-state index is 13.4. The molecule has 1 rings (SSSR count). The second-order valence-corrected chi connectivity index (χ2v) is 3.26. The van der Waals surface area contributed by atoms with E-state index in [2.05, 4.69) is 0 Å². The third-order valence-corrected chi connectivity index (χ3v) is 2.33. The summed E-state index contributed by atoms with van der Waals surface area (Å²) in [6, 6.07) is 3.26. The van der Waals surface area contributed by atoms with Crippen LogP contribution in [0.5, 0.6) is 0 Å². The Labute approximate surface area is 83.2 Å². The fourth-order valence-corrected chi connectivity index (χ4v) is 1.34. The molecule has 1 aromatic rings. The van der Waals surface area contributed by atoms with E-state index in [9.17, 15) is 4.39 Å². The first-order chi connectivity index (χ1) is 6.60. The molecule has 3 heteroatoms. The van der Waals surface area contributed by atoms with Crippen molar-refractivity contribution in [3.05, 3.63) is 34.6 Å². The maximum Gasteiger partial charge on any atom is 0.132 e. The fraction of sp³-hybridized carbons (Fsp3) is 0.364. The molecule has 0 aliphatic carbocycles. The van der Waals surface area contributed by atoms with Crippen LogP contribution in [0.25, 0.3) is 0 Å². The molecule has 0 heterocycles. The van der Waals surface area contributed by atoms with E-state index in [1.807, 2.05) is 13.0 Å². The van der Waals surface area contributed by atoms with Crippen LogP contribution >= 0.6 is 0 Å². The molecule has 0 amide bonds. The maximum atomic E-state index is 13.4. The molecule has 0 aliphatic rings. The van der Waals surface area contributed by atoms with E-state index in [-0.39, 0.29) is 11.9 Å². The predicted octanol–water partition coefficient (Wildman–Crippen LogP) is 2.84. The van der Waals surface area contributed by atoms with Crippen molar-refractivity contribution in [3.8, 4) is 0 Å². The number of nitrogens with one attached hydrogen (secondary N) is 1. The lowest BCUT2D eigenvalue weighted by atomic mass is 10.0. The molecule has 1 unspecified atom stereocenters. The Morgan fingerprint density at radius 2 is 2.14 bits per heavy atom. The topological polar surface area (TPSA) is 33.1 Å². The average molecular weight is 195 g/mol. The smallest absolute Gasteiger partial charge is 0.132 e. The lowest BCUT2D eigenvalue weighted by molar-refractivity contribution is 0.119. The summed E-state index contributed by atoms with van der Waals surface area (Å²) in [5.41, 5.74) is 1.91. The summed E-state index contributed by atoms with van der Waals surface area (Å²) in [7, 11) is 1.59. The molecule has 0 radical (unpaired) electrons. The van der Waals surface area contributed by atoms with Gasteiger partial charge in [0.1, 0.15) is 5.82 Å². The Kier molecular flexibility index (Phi) is 3.36. The Morgan fingerprint density at radius 1 is 1.50 bits per heavy atom. The molecule has 76 valence electrons. The third-order valence-electron chi connectivity index (χ3n) is 2.33. The molecule has 1 aromatic carbocycles. The number of ether oxygens (including phenoxy) is 1. The number of halogens is 1. The highest BCUT2D eigenvalue weighted by Gasteiger charge is 2.10. The number of rotatable bonds is 3. The van der Waals surface area contributed by atoms with Crippen LogP contribution in [0.15, 0.2) is 12.1 Å². The number of hydrogen-bond donors (Lipinski definition) is 1. The van der Waals surface area contributed by atoms with Crippen LogP contribution in [-0.4, -0.2) is 13.3 Å². The van der Waals surface area contributed by atoms with Gasteiger partial charge in [-0.25, -0.2) is 4.39 Å². The molecule has 0 fully saturated rings. The molecule has 1 N–H and O–H groups in total. The van der Waals surface area contributed by atoms with Gasteiger partial charge < -0.3 is 10.1 Å². The van der Waals surface area contributed by atoms with Gasteiger partial charge in [-0.3, -0.25) is 0 Å². The predicted molar refractivity (Wildman–Crippen MR) is 54.4 cm³/mol. The van der Waals surface area contributed by atoms with Gasteiger partial charge in [0, 0.05) is 18.9 Å². The highest BCUT2D eigenvalue weighted by atomic mass is 19.1. The van der Waals surface area contributed by atoms with Gasteiger partial charge in [-0.15, -0.1) is 0 Å². The van der Waals surface area contributed by atoms with E-state index in [1.54, 1.807) is 14.0 Å². The van der Waals surface area contributed by atoms with E-state index in [0.717, 1.165) is 17.3 Å². The van der Waals surface area contributed by atoms with E-state index in [0.29, 0.717) is 5.56 Å². The van der Waals surface area contributed by atoms with Gasteiger partial charge >= 0.3 is 0 Å². The summed E-state index contributed by atoms with van der Waals surface area (Å²) in [6.07, 6.45) is 0.911. The van der Waals surface area contributed by atoms with E-state index < -0.39 is 0 Å². The summed E-state index contributed by atoms with van der Waals surface area (Å²) < 4.78 is 18.5. The van der Waals surface area contributed by atoms with Gasteiger partial charge in [-0.2, -0.15) is 0 Å². The Balaban J connectivity index is 3.20. The quantitative estimate of drug-likeness (QED) is 0.739. The minimum atomic E-state index is -0.362. The Morgan fingerprint density at radius 3 is 2.57 bits per heavy atom. The molecule has 2 nitrogen and oxygen atoms in total. The molecule has 0 saturated heterocycles. The lowest BCUT2D eigenvalue weighted by Crippen LogP contribution is -2.00. The molecule has 0 aliphatic heterocycles. The second kappa shape index (κ2) is 4.33. The van der Waals surface area contributed by atoms with Crippen LogP contribution in [0.2, 0.25) is 0 Å². The van der Waals surface area contributed by atoms with Crippen molar-refractivity contribution in [3.63, 3.8) is 0 Å². The van der Waals surface area contributed by atoms with Gasteiger partial charge in [0.05, 0.1) is 6.10 Å². The van der Waals surface area contributed by atoms with E-state index in [1.165, 1.54) is 6.07 Å². The normalized spacial score (nSPS) is 12.6. The number of methoxy groups -OCH3 is 1. The zero-order chi connectivity index (χ0) is 10.7. The summed E-state index contributed by atoms with van der Waals surface area (Å²) >= 11 is 0. The molecule has 0 aromatic heterocycles. The van der Waals surface area contributed by atoms with Gasteiger partial charge in [0.15, 0.2) is 0 Å². The summed E-state index contributed by atoms with van der Waals surface area (Å²) in [6.45, 7) is 3.65. The van der Waals surface area contributed by atoms with E-state index >= 15 is 0 Å². The average Bonchev–Trinajstić information content (AvgIpc) is 2.16. The zero-order valence-electron chi connectivity index (χ0n) is 8.60. The second-order valence-electron chi connectivity index (χ2n) is 3.26. The highest BCUT2D eigenvalue weighted by molar-refractivity contribution is 5.79. The molecule has 0 spiro atoms. The summed E-state index contributed by atoms with van der Waals surface area (Å²) in [4.78, 5) is 0. The van der Waals surface area contributed by atoms with Crippen molar-refractivity contribution in [2.45, 2.75) is 20.0 Å². The SMILES string of the molecule is COC(C)c1cc(C)c(C=N)c(F)c1. The van der Waals surface area contributed by atoms with Crippen molar-refractivity contribution in [1.29, 1.82) is 5.41 Å². The molecule has 0 saturated carbocycles. The minimum Gasteiger partial charge on any atom is -0.377 e. The van der Waals surface area contributed by atoms with Gasteiger partial charge in [0.25, 0.3) is 0 Å². The first-order valence-corrected chi connectivity index (χ1v) is 4.43. The Bertz CT molecular complexity index is 326. The van der Waals surface area contributed by atoms with Crippen molar-refractivity contribution in [1.82, 2.24) is 0 Å². The fourth-order valence-electron chi connectivity index (χ4n) is 1.34.